The fraction of sp³-hybridized carbons (Fsp3) is 0.714. The molecule has 0 aromatic rings. The lowest BCUT2D eigenvalue weighted by Crippen LogP contribution is -2.09. The van der Waals surface area contributed by atoms with Gasteiger partial charge < -0.3 is 9.47 Å². The lowest BCUT2D eigenvalue weighted by atomic mass is 10.0. The molecule has 0 bridgehead atoms. The van der Waals surface area contributed by atoms with E-state index in [0.29, 0.717) is 12.2 Å². The first-order chi connectivity index (χ1) is 5.11. The second-order valence-electron chi connectivity index (χ2n) is 2.38. The first kappa shape index (κ1) is 3.74. The van der Waals surface area contributed by atoms with E-state index in [2.05, 4.69) is 6.58 Å². The van der Waals surface area contributed by atoms with Gasteiger partial charge in [0.1, 0.15) is 0 Å². The Labute approximate surface area is 57.3 Å². The molecule has 2 atom stereocenters. The summed E-state index contributed by atoms with van der Waals surface area (Å²) in [5, 5.41) is 0. The van der Waals surface area contributed by atoms with E-state index >= 15 is 0 Å². The molecular weight excluding hydrogens is 116 g/mol. The van der Waals surface area contributed by atoms with Crippen molar-refractivity contribution in [3.63, 3.8) is 0 Å². The lowest BCUT2D eigenvalue weighted by Gasteiger charge is -2.04. The molecule has 0 N–H and O–H groups in total. The van der Waals surface area contributed by atoms with Gasteiger partial charge in [0.15, 0.2) is 6.29 Å². The van der Waals surface area contributed by atoms with Gasteiger partial charge in [-0.05, 0) is 12.0 Å². The Kier molecular flexibility index (Phi) is 0.756. The Hall–Kier alpha value is -0.340. The highest BCUT2D eigenvalue weighted by atomic mass is 16.7. The summed E-state index contributed by atoms with van der Waals surface area (Å²) in [5.74, 6) is 0.0741. The van der Waals surface area contributed by atoms with E-state index in [4.69, 9.17) is 12.2 Å². The maximum atomic E-state index is 7.36. The van der Waals surface area contributed by atoms with E-state index in [0.717, 1.165) is 6.42 Å². The van der Waals surface area contributed by atoms with Crippen LogP contribution in [0.3, 0.4) is 0 Å². The van der Waals surface area contributed by atoms with Crippen LogP contribution in [0, 0.1) is 5.92 Å². The number of ether oxygens (including phenoxy) is 2. The van der Waals surface area contributed by atoms with Gasteiger partial charge >= 0.3 is 0 Å². The first-order valence-corrected chi connectivity index (χ1v) is 3.10. The van der Waals surface area contributed by atoms with Crippen LogP contribution in [0.4, 0.5) is 0 Å². The molecule has 0 amide bonds. The average molecular weight is 128 g/mol. The molecule has 2 aliphatic rings. The van der Waals surface area contributed by atoms with Crippen molar-refractivity contribution in [1.82, 2.24) is 0 Å². The zero-order chi connectivity index (χ0) is 8.06. The van der Waals surface area contributed by atoms with Gasteiger partial charge in [0, 0.05) is 5.92 Å². The van der Waals surface area contributed by atoms with Gasteiger partial charge in [-0.1, -0.05) is 6.58 Å². The number of fused-ring (bicyclic) bond motifs is 1. The van der Waals surface area contributed by atoms with Gasteiger partial charge in [0.05, 0.1) is 15.9 Å². The molecule has 0 radical (unpaired) electrons. The third kappa shape index (κ3) is 0.705. The molecule has 0 unspecified atom stereocenters. The van der Waals surface area contributed by atoms with Crippen LogP contribution in [0.15, 0.2) is 12.2 Å². The van der Waals surface area contributed by atoms with Crippen molar-refractivity contribution in [2.24, 2.45) is 5.92 Å². The highest BCUT2D eigenvalue weighted by Crippen LogP contribution is 2.33. The highest BCUT2D eigenvalue weighted by molar-refractivity contribution is 5.08. The quantitative estimate of drug-likeness (QED) is 0.452. The van der Waals surface area contributed by atoms with Gasteiger partial charge in [0.2, 0.25) is 0 Å². The van der Waals surface area contributed by atoms with Gasteiger partial charge in [-0.3, -0.25) is 0 Å². The van der Waals surface area contributed by atoms with Crippen molar-refractivity contribution in [3.05, 3.63) is 12.2 Å². The molecule has 2 fully saturated rings. The van der Waals surface area contributed by atoms with Gasteiger partial charge in [-0.2, -0.15) is 0 Å². The topological polar surface area (TPSA) is 18.5 Å². The van der Waals surface area contributed by atoms with Crippen LogP contribution in [0.25, 0.3) is 0 Å². The minimum atomic E-state index is -1.67. The summed E-state index contributed by atoms with van der Waals surface area (Å²) in [6.07, 6.45) is 0.459. The van der Waals surface area contributed by atoms with E-state index in [1.165, 1.54) is 0 Å². The van der Waals surface area contributed by atoms with Crippen molar-refractivity contribution < 1.29 is 12.2 Å². The second kappa shape index (κ2) is 1.82. The average Bonchev–Trinajstić information content (AvgIpc) is 2.39. The zero-order valence-corrected chi connectivity index (χ0v) is 5.09. The molecule has 0 spiro atoms. The van der Waals surface area contributed by atoms with Crippen molar-refractivity contribution in [2.45, 2.75) is 12.7 Å². The fourth-order valence-corrected chi connectivity index (χ4v) is 1.23. The molecule has 2 rings (SSSR count). The molecule has 0 aromatic carbocycles. The standard InChI is InChI=1S/C7H10O2/c1-5-4-9-7-6(5)2-3-8-7/h6-7H,1-4H2/t6-,7+/m0/s1/i4D2. The van der Waals surface area contributed by atoms with E-state index in [1.54, 1.807) is 0 Å². The molecule has 9 heavy (non-hydrogen) atoms. The number of hydrogen-bond acceptors (Lipinski definition) is 2. The Morgan fingerprint density at radius 3 is 3.33 bits per heavy atom. The van der Waals surface area contributed by atoms with Crippen LogP contribution in [0.1, 0.15) is 9.16 Å². The van der Waals surface area contributed by atoms with E-state index in [-0.39, 0.29) is 12.2 Å². The fourth-order valence-electron chi connectivity index (χ4n) is 1.23. The highest BCUT2D eigenvalue weighted by Gasteiger charge is 2.36. The van der Waals surface area contributed by atoms with Crippen molar-refractivity contribution >= 4 is 0 Å². The Morgan fingerprint density at radius 2 is 2.56 bits per heavy atom. The van der Waals surface area contributed by atoms with Crippen LogP contribution in [-0.4, -0.2) is 19.5 Å². The molecule has 0 aliphatic carbocycles. The monoisotopic (exact) mass is 128 g/mol. The van der Waals surface area contributed by atoms with Crippen LogP contribution >= 0.6 is 0 Å². The van der Waals surface area contributed by atoms with E-state index in [9.17, 15) is 0 Å². The predicted molar refractivity (Wildman–Crippen MR) is 32.9 cm³/mol. The molecule has 2 saturated heterocycles. The third-order valence-corrected chi connectivity index (χ3v) is 1.79. The largest absolute Gasteiger partial charge is 0.352 e. The molecule has 2 nitrogen and oxygen atoms in total. The molecule has 2 heterocycles. The summed E-state index contributed by atoms with van der Waals surface area (Å²) < 4.78 is 24.9. The van der Waals surface area contributed by atoms with E-state index < -0.39 is 6.56 Å². The van der Waals surface area contributed by atoms with Gasteiger partial charge in [0.25, 0.3) is 0 Å². The Balaban J connectivity index is 2.23. The van der Waals surface area contributed by atoms with Crippen LogP contribution < -0.4 is 0 Å². The SMILES string of the molecule is [2H]C1([2H])O[C@H]2OCC[C@H]2C1=C. The predicted octanol–water partition coefficient (Wildman–Crippen LogP) is 0.935. The van der Waals surface area contributed by atoms with Crippen LogP contribution in [0.5, 0.6) is 0 Å². The molecular formula is C7H10O2. The van der Waals surface area contributed by atoms with Crippen LogP contribution in [-0.2, 0) is 9.47 Å². The van der Waals surface area contributed by atoms with E-state index in [1.807, 2.05) is 0 Å². The molecule has 2 aliphatic heterocycles. The summed E-state index contributed by atoms with van der Waals surface area (Å²) in [6.45, 7) is 2.66. The summed E-state index contributed by atoms with van der Waals surface area (Å²) >= 11 is 0. The Morgan fingerprint density at radius 1 is 1.67 bits per heavy atom. The minimum Gasteiger partial charge on any atom is -0.352 e. The normalized spacial score (nSPS) is 50.4. The molecule has 50 valence electrons. The van der Waals surface area contributed by atoms with Crippen LogP contribution in [0.2, 0.25) is 0 Å². The minimum absolute atomic E-state index is 0.0741. The maximum absolute atomic E-state index is 7.36. The third-order valence-electron chi connectivity index (χ3n) is 1.79. The zero-order valence-electron chi connectivity index (χ0n) is 7.09. The second-order valence-corrected chi connectivity index (χ2v) is 2.38. The summed E-state index contributed by atoms with van der Waals surface area (Å²) in [4.78, 5) is 0. The molecule has 2 heteroatoms. The number of rotatable bonds is 0. The molecule has 0 saturated carbocycles. The summed E-state index contributed by atoms with van der Waals surface area (Å²) in [7, 11) is 0. The van der Waals surface area contributed by atoms with Gasteiger partial charge in [-0.25, -0.2) is 0 Å². The lowest BCUT2D eigenvalue weighted by molar-refractivity contribution is -0.0904. The smallest absolute Gasteiger partial charge is 0.164 e. The first-order valence-electron chi connectivity index (χ1n) is 4.10. The molecule has 0 aromatic heterocycles. The van der Waals surface area contributed by atoms with Crippen molar-refractivity contribution in [1.29, 1.82) is 0 Å². The Bertz CT molecular complexity index is 203. The number of hydrogen-bond donors (Lipinski definition) is 0. The van der Waals surface area contributed by atoms with Gasteiger partial charge in [-0.15, -0.1) is 0 Å². The summed E-state index contributed by atoms with van der Waals surface area (Å²) in [5.41, 5.74) is 0.528. The van der Waals surface area contributed by atoms with Crippen molar-refractivity contribution in [2.75, 3.05) is 13.2 Å². The summed E-state index contributed by atoms with van der Waals surface area (Å²) in [6, 6.07) is 0. The maximum Gasteiger partial charge on any atom is 0.164 e. The van der Waals surface area contributed by atoms with Crippen molar-refractivity contribution in [3.8, 4) is 0 Å².